The first-order valence-corrected chi connectivity index (χ1v) is 17.2. The van der Waals surface area contributed by atoms with Crippen molar-refractivity contribution in [1.82, 2.24) is 35.0 Å². The third kappa shape index (κ3) is 7.99. The maximum absolute atomic E-state index is 14.2. The number of nitrogens with zero attached hydrogens (tertiary/aromatic N) is 6. The molecule has 52 heavy (non-hydrogen) atoms. The Kier molecular flexibility index (Phi) is 11.0. The third-order valence-electron chi connectivity index (χ3n) is 7.37. The van der Waals surface area contributed by atoms with Gasteiger partial charge in [-0.15, -0.1) is 0 Å². The zero-order chi connectivity index (χ0) is 37.3. The number of ketones is 1. The topological polar surface area (TPSA) is 101 Å². The van der Waals surface area contributed by atoms with E-state index in [-0.39, 0.29) is 26.7 Å². The van der Waals surface area contributed by atoms with Crippen LogP contribution < -0.4 is 0 Å². The number of carbonyl (C=O) groups is 1. The summed E-state index contributed by atoms with van der Waals surface area (Å²) in [6, 6.07) is 14.1. The second kappa shape index (κ2) is 15.5. The number of hydrogen-bond donors (Lipinski definition) is 1. The van der Waals surface area contributed by atoms with Gasteiger partial charge in [-0.3, -0.25) is 19.9 Å². The van der Waals surface area contributed by atoms with E-state index < -0.39 is 29.1 Å². The van der Waals surface area contributed by atoms with Crippen LogP contribution >= 0.6 is 55.1 Å². The summed E-state index contributed by atoms with van der Waals surface area (Å²) in [5.41, 5.74) is 4.41. The number of hydrogen-bond acceptors (Lipinski definition) is 7. The number of Topliss-reactive ketones (excluding diaryl/α,β-unsaturated/α-hetero) is 1. The van der Waals surface area contributed by atoms with Crippen LogP contribution in [0.1, 0.15) is 16.1 Å². The normalized spacial score (nSPS) is 11.5. The highest BCUT2D eigenvalue weighted by atomic mass is 79.9. The molecule has 0 saturated carbocycles. The lowest BCUT2D eigenvalue weighted by Crippen LogP contribution is -2.12. The second-order valence-electron chi connectivity index (χ2n) is 11.3. The number of fused-ring (bicyclic) bond motifs is 2. The lowest BCUT2D eigenvalue weighted by Gasteiger charge is -2.13. The highest BCUT2D eigenvalue weighted by Gasteiger charge is 2.22. The number of pyridine rings is 4. The molecular formula is C36H21Br2Cl2F4N7O. The van der Waals surface area contributed by atoms with E-state index in [0.29, 0.717) is 45.3 Å². The standard InChI is InChI=1S/C19H13BrClF2N3O.C17H8BrClF2N4/c1-26(2)9-12(19(27)11-6-13(21)15(23)7-14(11)22)16-3-4-17-18(25-16)5-10(20)8-24-17;18-8-3-16-15(22-6-8)2-1-14(24-16)10-7-23-25-17(10)9-4-11(19)13(21)5-12(9)20/h3-9H,1-2H3;1-7H,(H,23,25)/b12-9-;. The first-order chi connectivity index (χ1) is 24.8. The number of allylic oxidation sites excluding steroid dienone is 1. The molecule has 0 bridgehead atoms. The molecule has 0 saturated heterocycles. The zero-order valence-electron chi connectivity index (χ0n) is 26.7. The molecule has 5 aromatic heterocycles. The molecule has 0 unspecified atom stereocenters. The van der Waals surface area contributed by atoms with E-state index >= 15 is 0 Å². The van der Waals surface area contributed by atoms with Crippen LogP contribution in [0.15, 0.2) is 94.4 Å². The minimum Gasteiger partial charge on any atom is -0.383 e. The molecule has 262 valence electrons. The summed E-state index contributed by atoms with van der Waals surface area (Å²) in [5, 5.41) is 6.20. The van der Waals surface area contributed by atoms with Crippen LogP contribution in [0, 0.1) is 23.3 Å². The zero-order valence-corrected chi connectivity index (χ0v) is 31.4. The van der Waals surface area contributed by atoms with Crippen LogP contribution in [0.4, 0.5) is 17.6 Å². The molecule has 0 atom stereocenters. The van der Waals surface area contributed by atoms with E-state index in [9.17, 15) is 22.4 Å². The van der Waals surface area contributed by atoms with E-state index in [1.807, 2.05) is 12.1 Å². The van der Waals surface area contributed by atoms with Crippen LogP contribution in [0.2, 0.25) is 10.0 Å². The van der Waals surface area contributed by atoms with Crippen LogP contribution in [-0.4, -0.2) is 54.9 Å². The summed E-state index contributed by atoms with van der Waals surface area (Å²) >= 11 is 18.2. The number of halogens is 8. The van der Waals surface area contributed by atoms with Crippen molar-refractivity contribution in [2.24, 2.45) is 0 Å². The van der Waals surface area contributed by atoms with Crippen LogP contribution in [0.3, 0.4) is 0 Å². The minimum atomic E-state index is -0.989. The fourth-order valence-electron chi connectivity index (χ4n) is 5.00. The second-order valence-corrected chi connectivity index (χ2v) is 13.9. The molecule has 7 rings (SSSR count). The molecule has 7 aromatic rings. The van der Waals surface area contributed by atoms with Crippen molar-refractivity contribution in [3.8, 4) is 22.5 Å². The van der Waals surface area contributed by atoms with Gasteiger partial charge >= 0.3 is 0 Å². The number of benzene rings is 2. The summed E-state index contributed by atoms with van der Waals surface area (Å²) < 4.78 is 56.8. The Morgan fingerprint density at radius 3 is 1.96 bits per heavy atom. The summed E-state index contributed by atoms with van der Waals surface area (Å²) in [6.45, 7) is 0. The lowest BCUT2D eigenvalue weighted by atomic mass is 10.00. The van der Waals surface area contributed by atoms with Crippen molar-refractivity contribution < 1.29 is 22.4 Å². The average Bonchev–Trinajstić information content (AvgIpc) is 3.59. The minimum absolute atomic E-state index is 0.119. The Hall–Kier alpha value is -4.76. The van der Waals surface area contributed by atoms with Crippen molar-refractivity contribution in [2.75, 3.05) is 14.1 Å². The van der Waals surface area contributed by atoms with E-state index in [0.717, 1.165) is 26.6 Å². The van der Waals surface area contributed by atoms with Gasteiger partial charge in [0, 0.05) is 64.9 Å². The van der Waals surface area contributed by atoms with E-state index in [1.165, 1.54) is 18.5 Å². The molecule has 5 heterocycles. The van der Waals surface area contributed by atoms with Gasteiger partial charge in [0.05, 0.1) is 66.5 Å². The van der Waals surface area contributed by atoms with Crippen molar-refractivity contribution in [1.29, 1.82) is 0 Å². The summed E-state index contributed by atoms with van der Waals surface area (Å²) in [4.78, 5) is 32.2. The monoisotopic (exact) mass is 871 g/mol. The molecule has 2 aromatic carbocycles. The van der Waals surface area contributed by atoms with Crippen LogP contribution in [0.25, 0.3) is 50.2 Å². The molecule has 0 aliphatic heterocycles. The van der Waals surface area contributed by atoms with Gasteiger partial charge < -0.3 is 4.90 Å². The summed E-state index contributed by atoms with van der Waals surface area (Å²) in [6.07, 6.45) is 6.38. The Balaban J connectivity index is 0.000000179. The molecule has 0 radical (unpaired) electrons. The van der Waals surface area contributed by atoms with Gasteiger partial charge in [-0.1, -0.05) is 23.2 Å². The Morgan fingerprint density at radius 1 is 0.712 bits per heavy atom. The van der Waals surface area contributed by atoms with Gasteiger partial charge in [-0.25, -0.2) is 27.5 Å². The van der Waals surface area contributed by atoms with Crippen molar-refractivity contribution in [3.05, 3.63) is 139 Å². The number of H-pyrrole nitrogens is 1. The summed E-state index contributed by atoms with van der Waals surface area (Å²) in [5.74, 6) is -4.13. The molecule has 0 fully saturated rings. The van der Waals surface area contributed by atoms with Gasteiger partial charge in [0.15, 0.2) is 5.78 Å². The number of rotatable bonds is 6. The highest BCUT2D eigenvalue weighted by molar-refractivity contribution is 9.10. The largest absolute Gasteiger partial charge is 0.383 e. The fraction of sp³-hybridized carbons (Fsp3) is 0.0556. The third-order valence-corrected chi connectivity index (χ3v) is 8.81. The molecule has 0 spiro atoms. The predicted molar refractivity (Wildman–Crippen MR) is 200 cm³/mol. The molecular weight excluding hydrogens is 853 g/mol. The number of aromatic nitrogens is 6. The quantitative estimate of drug-likeness (QED) is 0.0769. The van der Waals surface area contributed by atoms with Crippen molar-refractivity contribution >= 4 is 88.5 Å². The highest BCUT2D eigenvalue weighted by Crippen LogP contribution is 2.34. The number of carbonyl (C=O) groups excluding carboxylic acids is 1. The van der Waals surface area contributed by atoms with Gasteiger partial charge in [-0.2, -0.15) is 5.10 Å². The molecule has 0 amide bonds. The smallest absolute Gasteiger partial charge is 0.199 e. The van der Waals surface area contributed by atoms with Crippen molar-refractivity contribution in [2.45, 2.75) is 0 Å². The van der Waals surface area contributed by atoms with Gasteiger partial charge in [0.2, 0.25) is 0 Å². The molecule has 16 heteroatoms. The van der Waals surface area contributed by atoms with Crippen molar-refractivity contribution in [3.63, 3.8) is 0 Å². The number of aromatic amines is 1. The van der Waals surface area contributed by atoms with E-state index in [4.69, 9.17) is 23.2 Å². The SMILES string of the molecule is CN(C)/C=C(\C(=O)c1cc(Cl)c(F)cc1F)c1ccc2ncc(Br)cc2n1.Fc1cc(F)c(-c2[nH]ncc2-c2ccc3ncc(Br)cc3n2)cc1Cl. The van der Waals surface area contributed by atoms with Gasteiger partial charge in [-0.05, 0) is 80.4 Å². The van der Waals surface area contributed by atoms with E-state index in [2.05, 4.69) is 62.0 Å². The average molecular weight is 874 g/mol. The van der Waals surface area contributed by atoms with Gasteiger partial charge in [0.25, 0.3) is 0 Å². The first-order valence-electron chi connectivity index (χ1n) is 14.9. The summed E-state index contributed by atoms with van der Waals surface area (Å²) in [7, 11) is 3.45. The molecule has 0 aliphatic rings. The Morgan fingerprint density at radius 2 is 1.31 bits per heavy atom. The van der Waals surface area contributed by atoms with Gasteiger partial charge in [0.1, 0.15) is 23.3 Å². The molecule has 0 aliphatic carbocycles. The Labute approximate surface area is 319 Å². The van der Waals surface area contributed by atoms with Crippen LogP contribution in [0.5, 0.6) is 0 Å². The van der Waals surface area contributed by atoms with E-state index in [1.54, 1.807) is 55.7 Å². The number of nitrogens with one attached hydrogen (secondary N) is 1. The predicted octanol–water partition coefficient (Wildman–Crippen LogP) is 10.5. The Bertz CT molecular complexity index is 2550. The maximum atomic E-state index is 14.2. The lowest BCUT2D eigenvalue weighted by molar-refractivity contribution is 0.105. The first kappa shape index (κ1) is 37.0. The van der Waals surface area contributed by atoms with Crippen LogP contribution in [-0.2, 0) is 0 Å². The maximum Gasteiger partial charge on any atom is 0.199 e. The molecule has 8 nitrogen and oxygen atoms in total. The molecule has 1 N–H and O–H groups in total. The fourth-order valence-corrected chi connectivity index (χ4v) is 5.97.